The number of allylic oxidation sites excluding steroid dienone is 9. The highest BCUT2D eigenvalue weighted by molar-refractivity contribution is 5.74. The van der Waals surface area contributed by atoms with Gasteiger partial charge >= 0.3 is 0 Å². The van der Waals surface area contributed by atoms with Crippen molar-refractivity contribution in [2.45, 2.75) is 141 Å². The van der Waals surface area contributed by atoms with Gasteiger partial charge in [0.2, 0.25) is 0 Å². The molecule has 1 spiro atoms. The van der Waals surface area contributed by atoms with Crippen LogP contribution in [0.5, 0.6) is 0 Å². The first-order valence-corrected chi connectivity index (χ1v) is 24.2. The highest BCUT2D eigenvalue weighted by Crippen LogP contribution is 2.67. The Hall–Kier alpha value is -3.03. The molecule has 0 unspecified atom stereocenters. The highest BCUT2D eigenvalue weighted by atomic mass is 16.5. The third kappa shape index (κ3) is 12.1. The van der Waals surface area contributed by atoms with Gasteiger partial charge in [0.05, 0.1) is 31.0 Å². The Kier molecular flexibility index (Phi) is 19.6. The zero-order chi connectivity index (χ0) is 46.5. The van der Waals surface area contributed by atoms with Crippen LogP contribution in [-0.2, 0) is 27.1 Å². The Morgan fingerprint density at radius 1 is 1.14 bits per heavy atom. The molecule has 7 N–H and O–H groups in total. The summed E-state index contributed by atoms with van der Waals surface area (Å²) in [6.45, 7) is 13.9. The van der Waals surface area contributed by atoms with Crippen molar-refractivity contribution in [1.82, 2.24) is 10.6 Å². The number of fused-ring (bicyclic) bond motifs is 5. The van der Waals surface area contributed by atoms with Gasteiger partial charge in [0, 0.05) is 43.1 Å². The number of aldehydes is 1. The van der Waals surface area contributed by atoms with Crippen molar-refractivity contribution in [1.29, 1.82) is 0 Å². The van der Waals surface area contributed by atoms with Crippen LogP contribution < -0.4 is 10.6 Å². The summed E-state index contributed by atoms with van der Waals surface area (Å²) in [7, 11) is 3.58. The van der Waals surface area contributed by atoms with Crippen LogP contribution >= 0.6 is 0 Å². The molecule has 11 atom stereocenters. The molecule has 64 heavy (non-hydrogen) atoms. The van der Waals surface area contributed by atoms with E-state index < -0.39 is 23.3 Å². The van der Waals surface area contributed by atoms with Crippen LogP contribution in [0, 0.1) is 35.0 Å². The number of aliphatic hydroxyl groups excluding tert-OH is 4. The Bertz CT molecular complexity index is 1850. The predicted molar refractivity (Wildman–Crippen MR) is 256 cm³/mol. The number of hydrogen-bond acceptors (Lipinski definition) is 10. The molecule has 0 amide bonds. The number of hydrogen-bond donors (Lipinski definition) is 7. The summed E-state index contributed by atoms with van der Waals surface area (Å²) in [6, 6.07) is 8.69. The molecular weight excluding hydrogens is 805 g/mol. The lowest BCUT2D eigenvalue weighted by atomic mass is 9.45. The summed E-state index contributed by atoms with van der Waals surface area (Å²) in [5.41, 5.74) is 4.09. The summed E-state index contributed by atoms with van der Waals surface area (Å²) in [4.78, 5) is 12.5. The average molecular weight is 887 g/mol. The Labute approximate surface area is 384 Å². The second kappa shape index (κ2) is 24.1. The molecule has 4 aliphatic rings. The van der Waals surface area contributed by atoms with E-state index in [9.17, 15) is 30.3 Å². The van der Waals surface area contributed by atoms with Crippen LogP contribution in [0.25, 0.3) is 0 Å². The van der Waals surface area contributed by atoms with Crippen molar-refractivity contribution in [3.63, 3.8) is 0 Å². The number of carbonyl (C=O) groups excluding carboxylic acids is 1. The van der Waals surface area contributed by atoms with Gasteiger partial charge < -0.3 is 40.3 Å². The summed E-state index contributed by atoms with van der Waals surface area (Å²) >= 11 is 0. The number of nitrogens with one attached hydrogen (secondary N) is 2. The lowest BCUT2D eigenvalue weighted by Gasteiger charge is -2.61. The summed E-state index contributed by atoms with van der Waals surface area (Å²) < 4.78 is 11.9. The van der Waals surface area contributed by atoms with E-state index in [0.717, 1.165) is 73.5 Å². The fourth-order valence-electron chi connectivity index (χ4n) is 11.8. The first kappa shape index (κ1) is 51.9. The highest BCUT2D eigenvalue weighted by Gasteiger charge is 2.68. The molecule has 356 valence electrons. The molecule has 1 aromatic carbocycles. The number of rotatable bonds is 21. The van der Waals surface area contributed by atoms with Gasteiger partial charge in [-0.2, -0.15) is 0 Å². The molecule has 0 saturated heterocycles. The molecule has 3 aliphatic carbocycles. The SMILES string of the molecule is C=C(/C=C/C=C(/CO[C@@H](CO)CCCCC)[C@@H]1CC[C@]2([C@@H]1O)[C@@H]1C(=C(C)C=O)[C@@H](C=C[C@H]1CCO)C[C@]2(O)CCNC)[C@H]1C/C=C(\C)[C@@H](O)N[C@@](C)(CCOC)Cc2cccc(c2)C1. The zero-order valence-corrected chi connectivity index (χ0v) is 39.9. The zero-order valence-electron chi connectivity index (χ0n) is 39.9. The maximum atomic E-state index is 13.1. The molecular formula is C54H82N2O8. The number of methoxy groups -OCH3 is 1. The molecule has 1 heterocycles. The van der Waals surface area contributed by atoms with Crippen LogP contribution in [0.4, 0.5) is 0 Å². The van der Waals surface area contributed by atoms with E-state index in [1.54, 1.807) is 7.11 Å². The van der Waals surface area contributed by atoms with Gasteiger partial charge in [-0.05, 0) is 144 Å². The third-order valence-electron chi connectivity index (χ3n) is 15.4. The first-order valence-electron chi connectivity index (χ1n) is 24.2. The van der Waals surface area contributed by atoms with Crippen molar-refractivity contribution in [3.8, 4) is 0 Å². The molecule has 10 nitrogen and oxygen atoms in total. The summed E-state index contributed by atoms with van der Waals surface area (Å²) in [5, 5.41) is 64.9. The van der Waals surface area contributed by atoms with E-state index in [4.69, 9.17) is 9.47 Å². The molecule has 1 aromatic rings. The van der Waals surface area contributed by atoms with Crippen LogP contribution in [0.2, 0.25) is 0 Å². The monoisotopic (exact) mass is 887 g/mol. The molecule has 1 aliphatic heterocycles. The quantitative estimate of drug-likeness (QED) is 0.0220. The van der Waals surface area contributed by atoms with Crippen LogP contribution in [-0.4, -0.2) is 109 Å². The van der Waals surface area contributed by atoms with Gasteiger partial charge in [0.1, 0.15) is 12.5 Å². The fraction of sp³-hybridized carbons (Fsp3) is 0.648. The van der Waals surface area contributed by atoms with E-state index in [1.807, 2.05) is 39.1 Å². The van der Waals surface area contributed by atoms with Crippen molar-refractivity contribution in [3.05, 3.63) is 106 Å². The second-order valence-corrected chi connectivity index (χ2v) is 19.8. The topological polar surface area (TPSA) is 161 Å². The number of aliphatic hydroxyl groups is 5. The lowest BCUT2D eigenvalue weighted by molar-refractivity contribution is -0.194. The lowest BCUT2D eigenvalue weighted by Crippen LogP contribution is -2.65. The molecule has 5 rings (SSSR count). The number of ether oxygens (including phenoxy) is 2. The normalized spacial score (nSPS) is 34.3. The van der Waals surface area contributed by atoms with Crippen molar-refractivity contribution < 1.29 is 39.8 Å². The Morgan fingerprint density at radius 3 is 2.62 bits per heavy atom. The molecule has 4 bridgehead atoms. The predicted octanol–water partition coefficient (Wildman–Crippen LogP) is 7.26. The fourth-order valence-corrected chi connectivity index (χ4v) is 11.8. The Balaban J connectivity index is 1.52. The first-order chi connectivity index (χ1) is 30.7. The van der Waals surface area contributed by atoms with Gasteiger partial charge in [0.25, 0.3) is 0 Å². The summed E-state index contributed by atoms with van der Waals surface area (Å²) in [5.74, 6) is -0.961. The molecule has 2 fully saturated rings. The van der Waals surface area contributed by atoms with Gasteiger partial charge in [-0.1, -0.05) is 105 Å². The summed E-state index contributed by atoms with van der Waals surface area (Å²) in [6.07, 6.45) is 20.4. The van der Waals surface area contributed by atoms with Crippen LogP contribution in [0.1, 0.15) is 109 Å². The van der Waals surface area contributed by atoms with Gasteiger partial charge in [-0.15, -0.1) is 0 Å². The van der Waals surface area contributed by atoms with E-state index in [2.05, 4.69) is 73.6 Å². The van der Waals surface area contributed by atoms with Gasteiger partial charge in [-0.25, -0.2) is 0 Å². The minimum atomic E-state index is -1.25. The standard InChI is InChI=1S/C54H82N2O8/c1-8-9-10-17-46(35-59)64-36-45(16-11-13-37(2)43-19-18-38(3)51(61)56-52(5,26-29-63-7)32-41-15-12-14-40(30-41)31-43)47-22-24-54(50(47)60)49-42(23-28-57)20-21-44(48(49)39(4)34-58)33-53(54,62)25-27-55-6/h11-16,18,20-21,30,34,42-44,46-47,49-51,55-57,59-62H,2,8-10,17,19,22-29,31-33,35-36H2,1,3-7H3/b13-11+,38-18+,45-16-,48-39?/t42-,43-,44-,46+,47-,49-,50+,51+,52-,53+,54+/m0/s1. The number of carbonyl (C=O) groups is 1. The largest absolute Gasteiger partial charge is 0.396 e. The van der Waals surface area contributed by atoms with Gasteiger partial charge in [-0.3, -0.25) is 10.1 Å². The molecule has 2 saturated carbocycles. The maximum Gasteiger partial charge on any atom is 0.145 e. The molecule has 10 heteroatoms. The van der Waals surface area contributed by atoms with Crippen molar-refractivity contribution in [2.24, 2.45) is 35.0 Å². The maximum absolute atomic E-state index is 13.1. The third-order valence-corrected chi connectivity index (χ3v) is 15.4. The Morgan fingerprint density at radius 2 is 1.92 bits per heavy atom. The average Bonchev–Trinajstić information content (AvgIpc) is 3.62. The van der Waals surface area contributed by atoms with E-state index in [1.165, 1.54) is 11.1 Å². The van der Waals surface area contributed by atoms with E-state index >= 15 is 0 Å². The minimum Gasteiger partial charge on any atom is -0.396 e. The molecule has 0 aromatic heterocycles. The molecule has 0 radical (unpaired) electrons. The smallest absolute Gasteiger partial charge is 0.145 e. The number of benzene rings is 1. The van der Waals surface area contributed by atoms with Crippen molar-refractivity contribution in [2.75, 3.05) is 47.1 Å². The number of unbranched alkanes of at least 4 members (excludes halogenated alkanes) is 2. The van der Waals surface area contributed by atoms with Crippen LogP contribution in [0.3, 0.4) is 0 Å². The minimum absolute atomic E-state index is 0.0457. The van der Waals surface area contributed by atoms with E-state index in [0.29, 0.717) is 57.2 Å². The second-order valence-electron chi connectivity index (χ2n) is 19.8. The van der Waals surface area contributed by atoms with E-state index in [-0.39, 0.29) is 61.1 Å². The van der Waals surface area contributed by atoms with Crippen LogP contribution in [0.15, 0.2) is 95.2 Å². The van der Waals surface area contributed by atoms with Crippen molar-refractivity contribution >= 4 is 6.29 Å². The van der Waals surface area contributed by atoms with Gasteiger partial charge in [0.15, 0.2) is 0 Å².